The van der Waals surface area contributed by atoms with Crippen molar-refractivity contribution < 1.29 is 9.59 Å². The van der Waals surface area contributed by atoms with Gasteiger partial charge in [-0.2, -0.15) is 0 Å². The van der Waals surface area contributed by atoms with Gasteiger partial charge in [-0.15, -0.1) is 12.4 Å². The maximum atomic E-state index is 11.6. The van der Waals surface area contributed by atoms with Crippen LogP contribution in [0.1, 0.15) is 18.4 Å². The summed E-state index contributed by atoms with van der Waals surface area (Å²) >= 11 is 0. The lowest BCUT2D eigenvalue weighted by Crippen LogP contribution is -2.39. The lowest BCUT2D eigenvalue weighted by atomic mass is 10.2. The smallest absolute Gasteiger partial charge is 0.229 e. The van der Waals surface area contributed by atoms with E-state index in [2.05, 4.69) is 17.0 Å². The molecule has 0 spiro atoms. The van der Waals surface area contributed by atoms with Crippen LogP contribution >= 0.6 is 12.4 Å². The number of likely N-dealkylation sites (tertiary alicyclic amines) is 1. The molecule has 0 atom stereocenters. The van der Waals surface area contributed by atoms with Gasteiger partial charge in [-0.05, 0) is 5.56 Å². The molecule has 1 heterocycles. The number of benzene rings is 1. The van der Waals surface area contributed by atoms with E-state index in [4.69, 9.17) is 5.73 Å². The predicted molar refractivity (Wildman–Crippen MR) is 84.0 cm³/mol. The predicted octanol–water partition coefficient (Wildman–Crippen LogP) is 1.02. The van der Waals surface area contributed by atoms with Gasteiger partial charge in [0.25, 0.3) is 0 Å². The molecular formula is C15H22ClN3O2. The number of carbonyl (C=O) groups excluding carboxylic acids is 2. The monoisotopic (exact) mass is 311 g/mol. The molecule has 1 aliphatic rings. The van der Waals surface area contributed by atoms with Gasteiger partial charge < -0.3 is 5.73 Å². The number of hydrogen-bond acceptors (Lipinski definition) is 4. The number of nitrogens with two attached hydrogens (primary N) is 1. The van der Waals surface area contributed by atoms with Gasteiger partial charge in [-0.3, -0.25) is 19.4 Å². The number of carbonyl (C=O) groups is 2. The van der Waals surface area contributed by atoms with E-state index in [-0.39, 0.29) is 24.2 Å². The molecule has 0 radical (unpaired) electrons. The highest BCUT2D eigenvalue weighted by Crippen LogP contribution is 2.12. The van der Waals surface area contributed by atoms with Gasteiger partial charge in [0.1, 0.15) is 0 Å². The van der Waals surface area contributed by atoms with Crippen molar-refractivity contribution in [3.63, 3.8) is 0 Å². The second kappa shape index (κ2) is 8.77. The fourth-order valence-corrected chi connectivity index (χ4v) is 2.41. The van der Waals surface area contributed by atoms with Crippen LogP contribution in [0.25, 0.3) is 0 Å². The van der Waals surface area contributed by atoms with E-state index >= 15 is 0 Å². The molecule has 1 fully saturated rings. The summed E-state index contributed by atoms with van der Waals surface area (Å²) in [6.45, 7) is 3.24. The lowest BCUT2D eigenvalue weighted by molar-refractivity contribution is -0.138. The van der Waals surface area contributed by atoms with Gasteiger partial charge in [0.05, 0.1) is 0 Å². The van der Waals surface area contributed by atoms with Crippen molar-refractivity contribution in [3.8, 4) is 0 Å². The Morgan fingerprint density at radius 1 is 1.05 bits per heavy atom. The Morgan fingerprint density at radius 3 is 2.24 bits per heavy atom. The second-order valence-electron chi connectivity index (χ2n) is 4.99. The van der Waals surface area contributed by atoms with E-state index < -0.39 is 0 Å². The summed E-state index contributed by atoms with van der Waals surface area (Å²) in [5.41, 5.74) is 6.84. The summed E-state index contributed by atoms with van der Waals surface area (Å²) in [4.78, 5) is 26.7. The van der Waals surface area contributed by atoms with Crippen molar-refractivity contribution in [2.45, 2.75) is 19.4 Å². The Morgan fingerprint density at radius 2 is 1.67 bits per heavy atom. The van der Waals surface area contributed by atoms with Crippen molar-refractivity contribution in [2.75, 3.05) is 26.2 Å². The van der Waals surface area contributed by atoms with Gasteiger partial charge in [0, 0.05) is 45.6 Å². The normalized spacial score (nSPS) is 14.7. The number of rotatable bonds is 7. The second-order valence-corrected chi connectivity index (χ2v) is 4.99. The molecule has 0 aliphatic carbocycles. The van der Waals surface area contributed by atoms with Gasteiger partial charge in [0.2, 0.25) is 11.8 Å². The van der Waals surface area contributed by atoms with Crippen LogP contribution in [0.15, 0.2) is 30.3 Å². The highest BCUT2D eigenvalue weighted by molar-refractivity contribution is 6.01. The first-order valence-electron chi connectivity index (χ1n) is 7.00. The summed E-state index contributed by atoms with van der Waals surface area (Å²) in [5, 5.41) is 0. The molecule has 1 aromatic rings. The largest absolute Gasteiger partial charge is 0.329 e. The SMILES string of the molecule is Cl.NCCN(CCN1C(=O)CCC1=O)Cc1ccccc1. The zero-order valence-corrected chi connectivity index (χ0v) is 12.8. The number of hydrogen-bond donors (Lipinski definition) is 1. The van der Waals surface area contributed by atoms with Crippen LogP contribution in [0.2, 0.25) is 0 Å². The molecule has 0 aromatic heterocycles. The van der Waals surface area contributed by atoms with Crippen LogP contribution in [-0.2, 0) is 16.1 Å². The summed E-state index contributed by atoms with van der Waals surface area (Å²) < 4.78 is 0. The van der Waals surface area contributed by atoms with Crippen molar-refractivity contribution >= 4 is 24.2 Å². The van der Waals surface area contributed by atoms with Gasteiger partial charge in [-0.25, -0.2) is 0 Å². The molecular weight excluding hydrogens is 290 g/mol. The third-order valence-electron chi connectivity index (χ3n) is 3.49. The zero-order chi connectivity index (χ0) is 14.4. The number of amides is 2. The first-order valence-corrected chi connectivity index (χ1v) is 7.00. The Kier molecular flexibility index (Phi) is 7.36. The van der Waals surface area contributed by atoms with Crippen molar-refractivity contribution in [1.82, 2.24) is 9.80 Å². The third-order valence-corrected chi connectivity index (χ3v) is 3.49. The molecule has 2 N–H and O–H groups in total. The standard InChI is InChI=1S/C15H21N3O2.ClH/c16-8-9-17(12-13-4-2-1-3-5-13)10-11-18-14(19)6-7-15(18)20;/h1-5H,6-12,16H2;1H. The molecule has 116 valence electrons. The van der Waals surface area contributed by atoms with E-state index in [9.17, 15) is 9.59 Å². The van der Waals surface area contributed by atoms with Crippen LogP contribution in [0.3, 0.4) is 0 Å². The van der Waals surface area contributed by atoms with Crippen molar-refractivity contribution in [1.29, 1.82) is 0 Å². The van der Waals surface area contributed by atoms with Crippen LogP contribution < -0.4 is 5.73 Å². The molecule has 1 aromatic carbocycles. The maximum Gasteiger partial charge on any atom is 0.229 e. The Balaban J connectivity index is 0.00000220. The van der Waals surface area contributed by atoms with Crippen LogP contribution in [0.5, 0.6) is 0 Å². The molecule has 0 unspecified atom stereocenters. The summed E-state index contributed by atoms with van der Waals surface area (Å²) in [6, 6.07) is 10.1. The highest BCUT2D eigenvalue weighted by atomic mass is 35.5. The molecule has 0 bridgehead atoms. The molecule has 2 rings (SSSR count). The van der Waals surface area contributed by atoms with E-state index in [1.54, 1.807) is 0 Å². The average Bonchev–Trinajstić information content (AvgIpc) is 2.77. The number of nitrogens with zero attached hydrogens (tertiary/aromatic N) is 2. The quantitative estimate of drug-likeness (QED) is 0.764. The third kappa shape index (κ3) is 5.12. The summed E-state index contributed by atoms with van der Waals surface area (Å²) in [7, 11) is 0. The molecule has 21 heavy (non-hydrogen) atoms. The molecule has 1 saturated heterocycles. The summed E-state index contributed by atoms with van der Waals surface area (Å²) in [6.07, 6.45) is 0.711. The number of halogens is 1. The first kappa shape index (κ1) is 17.6. The van der Waals surface area contributed by atoms with Crippen molar-refractivity contribution in [2.24, 2.45) is 5.73 Å². The van der Waals surface area contributed by atoms with E-state index in [1.807, 2.05) is 18.2 Å². The molecule has 6 heteroatoms. The zero-order valence-electron chi connectivity index (χ0n) is 12.0. The van der Waals surface area contributed by atoms with Crippen LogP contribution in [0, 0.1) is 0 Å². The van der Waals surface area contributed by atoms with Crippen LogP contribution in [0.4, 0.5) is 0 Å². The first-order chi connectivity index (χ1) is 9.70. The summed E-state index contributed by atoms with van der Waals surface area (Å²) in [5.74, 6) is -0.107. The van der Waals surface area contributed by atoms with Crippen LogP contribution in [-0.4, -0.2) is 47.8 Å². The van der Waals surface area contributed by atoms with Gasteiger partial charge in [0.15, 0.2) is 0 Å². The Hall–Kier alpha value is -1.43. The topological polar surface area (TPSA) is 66.6 Å². The van der Waals surface area contributed by atoms with Gasteiger partial charge >= 0.3 is 0 Å². The Labute approximate surface area is 131 Å². The molecule has 1 aliphatic heterocycles. The number of imide groups is 1. The minimum Gasteiger partial charge on any atom is -0.329 e. The molecule has 2 amide bonds. The molecule has 0 saturated carbocycles. The van der Waals surface area contributed by atoms with E-state index in [1.165, 1.54) is 10.5 Å². The van der Waals surface area contributed by atoms with E-state index in [0.717, 1.165) is 13.1 Å². The van der Waals surface area contributed by atoms with E-state index in [0.29, 0.717) is 32.5 Å². The minimum atomic E-state index is -0.0533. The van der Waals surface area contributed by atoms with Gasteiger partial charge in [-0.1, -0.05) is 30.3 Å². The Bertz CT molecular complexity index is 451. The average molecular weight is 312 g/mol. The molecule has 5 nitrogen and oxygen atoms in total. The minimum absolute atomic E-state index is 0. The fourth-order valence-electron chi connectivity index (χ4n) is 2.41. The van der Waals surface area contributed by atoms with Crippen molar-refractivity contribution in [3.05, 3.63) is 35.9 Å². The fraction of sp³-hybridized carbons (Fsp3) is 0.467. The maximum absolute atomic E-state index is 11.6. The lowest BCUT2D eigenvalue weighted by Gasteiger charge is -2.24. The highest BCUT2D eigenvalue weighted by Gasteiger charge is 2.28.